The van der Waals surface area contributed by atoms with Crippen molar-refractivity contribution in [3.05, 3.63) is 83.2 Å². The topological polar surface area (TPSA) is 85.7 Å². The monoisotopic (exact) mass is 490 g/mol. The van der Waals surface area contributed by atoms with Crippen molar-refractivity contribution in [3.8, 4) is 5.69 Å². The fourth-order valence-electron chi connectivity index (χ4n) is 4.15. The van der Waals surface area contributed by atoms with E-state index in [1.54, 1.807) is 36.4 Å². The van der Waals surface area contributed by atoms with Crippen molar-refractivity contribution >= 4 is 41.0 Å². The molecule has 1 atom stereocenters. The van der Waals surface area contributed by atoms with E-state index in [0.717, 1.165) is 39.3 Å². The van der Waals surface area contributed by atoms with E-state index in [0.29, 0.717) is 11.3 Å². The summed E-state index contributed by atoms with van der Waals surface area (Å²) in [4.78, 5) is 51.2. The maximum absolute atomic E-state index is 12.8. The quantitative estimate of drug-likeness (QED) is 0.267. The van der Waals surface area contributed by atoms with Gasteiger partial charge in [0.2, 0.25) is 17.6 Å². The minimum absolute atomic E-state index is 0.0234. The number of esters is 1. The van der Waals surface area contributed by atoms with E-state index < -0.39 is 11.2 Å². The summed E-state index contributed by atoms with van der Waals surface area (Å²) in [6.07, 6.45) is 0.0234. The van der Waals surface area contributed by atoms with Crippen LogP contribution in [0.1, 0.15) is 33.7 Å². The molecule has 4 rings (SSSR count). The molecule has 0 bridgehead atoms. The zero-order chi connectivity index (χ0) is 25.1. The fourth-order valence-corrected chi connectivity index (χ4v) is 5.08. The van der Waals surface area contributed by atoms with Gasteiger partial charge in [-0.3, -0.25) is 19.2 Å². The van der Waals surface area contributed by atoms with Crippen molar-refractivity contribution in [1.29, 1.82) is 0 Å². The molecule has 1 aliphatic heterocycles. The van der Waals surface area contributed by atoms with Gasteiger partial charge in [-0.05, 0) is 51.1 Å². The van der Waals surface area contributed by atoms with E-state index in [1.807, 2.05) is 49.6 Å². The number of Topliss-reactive ketones (excluding diaryl/α,β-unsaturated/α-hetero) is 1. The first kappa shape index (κ1) is 24.5. The van der Waals surface area contributed by atoms with Crippen LogP contribution in [-0.2, 0) is 19.1 Å². The third-order valence-corrected chi connectivity index (χ3v) is 7.08. The van der Waals surface area contributed by atoms with Crippen LogP contribution in [0, 0.1) is 20.8 Å². The number of aryl methyl sites for hydroxylation is 2. The van der Waals surface area contributed by atoms with Crippen molar-refractivity contribution in [3.63, 3.8) is 0 Å². The molecule has 0 unspecified atom stereocenters. The molecule has 1 fully saturated rings. The Bertz CT molecular complexity index is 1280. The second-order valence-electron chi connectivity index (χ2n) is 8.45. The number of para-hydroxylation sites is 1. The van der Waals surface area contributed by atoms with Crippen LogP contribution in [0.2, 0.25) is 0 Å². The number of nitrogens with zero attached hydrogens (tertiary/aromatic N) is 2. The number of amides is 2. The molecule has 35 heavy (non-hydrogen) atoms. The van der Waals surface area contributed by atoms with Crippen LogP contribution in [-0.4, -0.2) is 45.7 Å². The molecular weight excluding hydrogens is 464 g/mol. The van der Waals surface area contributed by atoms with Crippen LogP contribution < -0.4 is 4.90 Å². The average Bonchev–Trinajstić information content (AvgIpc) is 3.31. The van der Waals surface area contributed by atoms with Gasteiger partial charge in [0.1, 0.15) is 0 Å². The van der Waals surface area contributed by atoms with Crippen LogP contribution in [0.25, 0.3) is 5.69 Å². The molecule has 2 amide bonds. The van der Waals surface area contributed by atoms with Gasteiger partial charge in [0.15, 0.2) is 6.61 Å². The zero-order valence-corrected chi connectivity index (χ0v) is 20.6. The Labute approximate surface area is 208 Å². The van der Waals surface area contributed by atoms with Crippen LogP contribution >= 0.6 is 11.8 Å². The van der Waals surface area contributed by atoms with E-state index in [1.165, 1.54) is 0 Å². The second-order valence-corrected chi connectivity index (χ2v) is 9.64. The first-order valence-corrected chi connectivity index (χ1v) is 12.3. The Hall–Kier alpha value is -3.65. The number of benzene rings is 2. The number of ether oxygens (including phenoxy) is 1. The molecule has 2 aromatic carbocycles. The number of rotatable bonds is 8. The summed E-state index contributed by atoms with van der Waals surface area (Å²) in [6.45, 7) is 5.41. The summed E-state index contributed by atoms with van der Waals surface area (Å²) in [5.74, 6) is -1.67. The van der Waals surface area contributed by atoms with Gasteiger partial charge in [-0.1, -0.05) is 35.9 Å². The Kier molecular flexibility index (Phi) is 7.21. The summed E-state index contributed by atoms with van der Waals surface area (Å²) in [7, 11) is 0. The predicted octanol–water partition coefficient (Wildman–Crippen LogP) is 4.19. The second kappa shape index (κ2) is 10.3. The smallest absolute Gasteiger partial charge is 0.316 e. The summed E-state index contributed by atoms with van der Waals surface area (Å²) in [5, 5.41) is -0.653. The number of carbonyl (C=O) groups is 4. The molecule has 3 aromatic rings. The van der Waals surface area contributed by atoms with Crippen molar-refractivity contribution in [2.24, 2.45) is 0 Å². The van der Waals surface area contributed by atoms with Crippen molar-refractivity contribution < 1.29 is 23.9 Å². The number of ketones is 1. The van der Waals surface area contributed by atoms with Crippen LogP contribution in [0.3, 0.4) is 0 Å². The highest BCUT2D eigenvalue weighted by Gasteiger charge is 2.40. The predicted molar refractivity (Wildman–Crippen MR) is 135 cm³/mol. The van der Waals surface area contributed by atoms with Crippen molar-refractivity contribution in [2.75, 3.05) is 17.3 Å². The molecule has 8 heteroatoms. The number of hydrogen-bond acceptors (Lipinski definition) is 6. The largest absolute Gasteiger partial charge is 0.457 e. The maximum Gasteiger partial charge on any atom is 0.316 e. The van der Waals surface area contributed by atoms with Crippen molar-refractivity contribution in [2.45, 2.75) is 32.4 Å². The highest BCUT2D eigenvalue weighted by atomic mass is 32.2. The molecule has 0 spiro atoms. The van der Waals surface area contributed by atoms with Gasteiger partial charge in [-0.25, -0.2) is 4.90 Å². The van der Waals surface area contributed by atoms with Gasteiger partial charge in [0.05, 0.1) is 16.7 Å². The Balaban J connectivity index is 1.32. The molecule has 1 aromatic heterocycles. The summed E-state index contributed by atoms with van der Waals surface area (Å²) in [6, 6.07) is 18.5. The van der Waals surface area contributed by atoms with Crippen LogP contribution in [0.4, 0.5) is 5.69 Å². The van der Waals surface area contributed by atoms with Crippen LogP contribution in [0.15, 0.2) is 60.7 Å². The first-order chi connectivity index (χ1) is 16.8. The highest BCUT2D eigenvalue weighted by Crippen LogP contribution is 2.29. The number of thioether (sulfide) groups is 1. The third kappa shape index (κ3) is 5.22. The number of aromatic nitrogens is 1. The molecule has 2 heterocycles. The first-order valence-electron chi connectivity index (χ1n) is 11.2. The van der Waals surface area contributed by atoms with Gasteiger partial charge in [-0.15, -0.1) is 11.8 Å². The molecule has 7 nitrogen and oxygen atoms in total. The molecule has 0 aliphatic carbocycles. The summed E-state index contributed by atoms with van der Waals surface area (Å²) < 4.78 is 7.18. The number of hydrogen-bond donors (Lipinski definition) is 0. The molecular formula is C27H26N2O5S. The minimum atomic E-state index is -0.653. The Morgan fingerprint density at radius 2 is 1.66 bits per heavy atom. The lowest BCUT2D eigenvalue weighted by Gasteiger charge is -2.14. The van der Waals surface area contributed by atoms with Gasteiger partial charge in [-0.2, -0.15) is 0 Å². The van der Waals surface area contributed by atoms with E-state index >= 15 is 0 Å². The van der Waals surface area contributed by atoms with Crippen LogP contribution in [0.5, 0.6) is 0 Å². The lowest BCUT2D eigenvalue weighted by atomic mass is 10.1. The number of anilines is 1. The normalized spacial score (nSPS) is 15.5. The number of imide groups is 1. The van der Waals surface area contributed by atoms with Crippen molar-refractivity contribution in [1.82, 2.24) is 4.57 Å². The standard InChI is InChI=1S/C27H26N2O5S/c1-17-9-11-21(12-10-17)28-18(2)13-22(19(28)3)23(30)15-34-26(32)16-35-24-14-25(31)29(27(24)33)20-7-5-4-6-8-20/h4-13,24H,14-16H2,1-3H3/t24-/m0/s1. The molecule has 180 valence electrons. The third-order valence-electron chi connectivity index (χ3n) is 5.91. The Morgan fingerprint density at radius 1 is 0.971 bits per heavy atom. The maximum atomic E-state index is 12.8. The summed E-state index contributed by atoms with van der Waals surface area (Å²) in [5.41, 5.74) is 4.80. The zero-order valence-electron chi connectivity index (χ0n) is 19.8. The average molecular weight is 491 g/mol. The van der Waals surface area contributed by atoms with Gasteiger partial charge < -0.3 is 9.30 Å². The minimum Gasteiger partial charge on any atom is -0.457 e. The summed E-state index contributed by atoms with van der Waals surface area (Å²) >= 11 is 1.06. The Morgan fingerprint density at radius 3 is 2.34 bits per heavy atom. The van der Waals surface area contributed by atoms with Gasteiger partial charge >= 0.3 is 5.97 Å². The molecule has 0 radical (unpaired) electrons. The van der Waals surface area contributed by atoms with E-state index in [-0.39, 0.29) is 36.4 Å². The lowest BCUT2D eigenvalue weighted by Crippen LogP contribution is -2.31. The molecule has 1 aliphatic rings. The lowest BCUT2D eigenvalue weighted by molar-refractivity contribution is -0.139. The van der Waals surface area contributed by atoms with Gasteiger partial charge in [0.25, 0.3) is 0 Å². The van der Waals surface area contributed by atoms with E-state index in [2.05, 4.69) is 0 Å². The van der Waals surface area contributed by atoms with E-state index in [9.17, 15) is 19.2 Å². The molecule has 0 saturated carbocycles. The fraction of sp³-hybridized carbons (Fsp3) is 0.259. The molecule has 1 saturated heterocycles. The molecule has 0 N–H and O–H groups in total. The van der Waals surface area contributed by atoms with Gasteiger partial charge in [0, 0.05) is 29.1 Å². The SMILES string of the molecule is Cc1ccc(-n2c(C)cc(C(=O)COC(=O)CS[C@H]3CC(=O)N(c4ccccc4)C3=O)c2C)cc1. The number of carbonyl (C=O) groups excluding carboxylic acids is 4. The highest BCUT2D eigenvalue weighted by molar-refractivity contribution is 8.01. The van der Waals surface area contributed by atoms with E-state index in [4.69, 9.17) is 4.74 Å².